The van der Waals surface area contributed by atoms with Crippen molar-refractivity contribution in [1.82, 2.24) is 4.98 Å². The molecule has 0 bridgehead atoms. The van der Waals surface area contributed by atoms with Crippen molar-refractivity contribution in [2.45, 2.75) is 44.4 Å². The van der Waals surface area contributed by atoms with E-state index in [2.05, 4.69) is 10.3 Å². The van der Waals surface area contributed by atoms with Crippen molar-refractivity contribution in [2.24, 2.45) is 5.92 Å². The highest BCUT2D eigenvalue weighted by atomic mass is 16.4. The number of rotatable bonds is 4. The number of nitrogens with one attached hydrogen (secondary N) is 1. The number of nitrogens with zero attached hydrogens (tertiary/aromatic N) is 1. The van der Waals surface area contributed by atoms with Crippen LogP contribution in [0.2, 0.25) is 0 Å². The molecule has 2 aliphatic carbocycles. The molecule has 1 heterocycles. The molecule has 1 N–H and O–H groups in total. The molecular formula is C18H20N2O2. The smallest absolute Gasteiger partial charge is 0.227 e. The summed E-state index contributed by atoms with van der Waals surface area (Å²) in [7, 11) is 0. The highest BCUT2D eigenvalue weighted by molar-refractivity contribution is 5.92. The Morgan fingerprint density at radius 2 is 1.82 bits per heavy atom. The maximum Gasteiger partial charge on any atom is 0.227 e. The lowest BCUT2D eigenvalue weighted by atomic mass is 10.1. The highest BCUT2D eigenvalue weighted by Crippen LogP contribution is 2.40. The Bertz CT molecular complexity index is 665. The second kappa shape index (κ2) is 5.59. The summed E-state index contributed by atoms with van der Waals surface area (Å²) in [6, 6.07) is 7.81. The van der Waals surface area contributed by atoms with E-state index in [0.717, 1.165) is 35.7 Å². The van der Waals surface area contributed by atoms with E-state index in [1.165, 1.54) is 25.7 Å². The first-order valence-corrected chi connectivity index (χ1v) is 8.16. The lowest BCUT2D eigenvalue weighted by Gasteiger charge is -2.10. The Labute approximate surface area is 129 Å². The molecule has 4 rings (SSSR count). The summed E-state index contributed by atoms with van der Waals surface area (Å²) in [5.41, 5.74) is 1.85. The van der Waals surface area contributed by atoms with Gasteiger partial charge in [0.1, 0.15) is 0 Å². The van der Waals surface area contributed by atoms with E-state index in [1.807, 2.05) is 24.3 Å². The minimum Gasteiger partial charge on any atom is -0.440 e. The fourth-order valence-electron chi connectivity index (χ4n) is 3.09. The number of benzene rings is 1. The molecule has 2 aromatic rings. The highest BCUT2D eigenvalue weighted by Gasteiger charge is 2.28. The normalized spacial score (nSPS) is 18.5. The molecule has 22 heavy (non-hydrogen) atoms. The summed E-state index contributed by atoms with van der Waals surface area (Å²) in [6.45, 7) is 0. The van der Waals surface area contributed by atoms with E-state index >= 15 is 0 Å². The third-order valence-electron chi connectivity index (χ3n) is 4.61. The molecule has 0 unspecified atom stereocenters. The van der Waals surface area contributed by atoms with E-state index in [-0.39, 0.29) is 11.8 Å². The van der Waals surface area contributed by atoms with Crippen LogP contribution in [0, 0.1) is 5.92 Å². The maximum absolute atomic E-state index is 12.1. The molecule has 4 nitrogen and oxygen atoms in total. The Morgan fingerprint density at radius 1 is 1.09 bits per heavy atom. The zero-order valence-electron chi connectivity index (χ0n) is 12.5. The van der Waals surface area contributed by atoms with Crippen LogP contribution < -0.4 is 5.32 Å². The number of carbonyl (C=O) groups excluding carboxylic acids is 1. The predicted molar refractivity (Wildman–Crippen MR) is 84.5 cm³/mol. The molecule has 1 aromatic heterocycles. The lowest BCUT2D eigenvalue weighted by molar-refractivity contribution is -0.119. The third-order valence-corrected chi connectivity index (χ3v) is 4.61. The molecule has 4 heteroatoms. The van der Waals surface area contributed by atoms with Crippen molar-refractivity contribution in [3.05, 3.63) is 36.4 Å². The monoisotopic (exact) mass is 296 g/mol. The van der Waals surface area contributed by atoms with Gasteiger partial charge in [-0.2, -0.15) is 0 Å². The van der Waals surface area contributed by atoms with Crippen molar-refractivity contribution >= 4 is 11.6 Å². The summed E-state index contributed by atoms with van der Waals surface area (Å²) < 4.78 is 5.80. The first-order valence-electron chi connectivity index (χ1n) is 8.16. The van der Waals surface area contributed by atoms with Crippen LogP contribution in [0.15, 0.2) is 34.9 Å². The standard InChI is InChI=1S/C18H20N2O2/c21-17(13-3-1-2-4-13)20-15-9-7-12(8-10-15)16-11-19-18(22-16)14-5-6-14/h7-11,13-14H,1-6H2,(H,20,21). The molecule has 0 radical (unpaired) electrons. The molecule has 1 aromatic carbocycles. The van der Waals surface area contributed by atoms with E-state index < -0.39 is 0 Å². The molecular weight excluding hydrogens is 276 g/mol. The van der Waals surface area contributed by atoms with Crippen molar-refractivity contribution in [2.75, 3.05) is 5.32 Å². The van der Waals surface area contributed by atoms with E-state index in [0.29, 0.717) is 5.92 Å². The van der Waals surface area contributed by atoms with E-state index in [4.69, 9.17) is 4.42 Å². The Balaban J connectivity index is 1.44. The second-order valence-electron chi connectivity index (χ2n) is 6.39. The van der Waals surface area contributed by atoms with Crippen molar-refractivity contribution in [1.29, 1.82) is 0 Å². The van der Waals surface area contributed by atoms with Gasteiger partial charge in [0.25, 0.3) is 0 Å². The van der Waals surface area contributed by atoms with Crippen LogP contribution >= 0.6 is 0 Å². The maximum atomic E-state index is 12.1. The summed E-state index contributed by atoms with van der Waals surface area (Å²) in [6.07, 6.45) is 8.55. The molecule has 2 aliphatic rings. The van der Waals surface area contributed by atoms with Crippen LogP contribution in [0.5, 0.6) is 0 Å². The van der Waals surface area contributed by atoms with Crippen LogP contribution in [0.25, 0.3) is 11.3 Å². The number of hydrogen-bond donors (Lipinski definition) is 1. The van der Waals surface area contributed by atoms with Gasteiger partial charge in [-0.3, -0.25) is 4.79 Å². The van der Waals surface area contributed by atoms with Crippen molar-refractivity contribution < 1.29 is 9.21 Å². The Morgan fingerprint density at radius 3 is 2.50 bits per heavy atom. The van der Waals surface area contributed by atoms with Crippen molar-refractivity contribution in [3.8, 4) is 11.3 Å². The molecule has 0 saturated heterocycles. The van der Waals surface area contributed by atoms with E-state index in [9.17, 15) is 4.79 Å². The van der Waals surface area contributed by atoms with Crippen LogP contribution in [-0.4, -0.2) is 10.9 Å². The molecule has 2 saturated carbocycles. The van der Waals surface area contributed by atoms with Gasteiger partial charge in [0.2, 0.25) is 5.91 Å². The average molecular weight is 296 g/mol. The van der Waals surface area contributed by atoms with Gasteiger partial charge in [-0.1, -0.05) is 12.8 Å². The van der Waals surface area contributed by atoms with Gasteiger partial charge in [0, 0.05) is 23.1 Å². The third kappa shape index (κ3) is 2.78. The SMILES string of the molecule is O=C(Nc1ccc(-c2cnc(C3CC3)o2)cc1)C1CCCC1. The predicted octanol–water partition coefficient (Wildman–Crippen LogP) is 4.35. The number of carbonyl (C=O) groups is 1. The van der Waals surface area contributed by atoms with Crippen LogP contribution in [0.1, 0.15) is 50.3 Å². The summed E-state index contributed by atoms with van der Waals surface area (Å²) in [4.78, 5) is 16.5. The zero-order valence-corrected chi connectivity index (χ0v) is 12.5. The van der Waals surface area contributed by atoms with E-state index in [1.54, 1.807) is 6.20 Å². The van der Waals surface area contributed by atoms with Gasteiger partial charge in [0.15, 0.2) is 11.7 Å². The lowest BCUT2D eigenvalue weighted by Crippen LogP contribution is -2.20. The second-order valence-corrected chi connectivity index (χ2v) is 6.39. The van der Waals surface area contributed by atoms with Gasteiger partial charge in [0.05, 0.1) is 6.20 Å². The largest absolute Gasteiger partial charge is 0.440 e. The molecule has 0 atom stereocenters. The number of hydrogen-bond acceptors (Lipinski definition) is 3. The fraction of sp³-hybridized carbons (Fsp3) is 0.444. The fourth-order valence-corrected chi connectivity index (χ4v) is 3.09. The van der Waals surface area contributed by atoms with Gasteiger partial charge in [-0.15, -0.1) is 0 Å². The first kappa shape index (κ1) is 13.6. The van der Waals surface area contributed by atoms with Gasteiger partial charge < -0.3 is 9.73 Å². The summed E-state index contributed by atoms with van der Waals surface area (Å²) >= 11 is 0. The van der Waals surface area contributed by atoms with Crippen molar-refractivity contribution in [3.63, 3.8) is 0 Å². The zero-order chi connectivity index (χ0) is 14.9. The quantitative estimate of drug-likeness (QED) is 0.912. The Hall–Kier alpha value is -2.10. The van der Waals surface area contributed by atoms with Gasteiger partial charge >= 0.3 is 0 Å². The minimum atomic E-state index is 0.154. The molecule has 114 valence electrons. The number of aromatic nitrogens is 1. The molecule has 0 aliphatic heterocycles. The number of amides is 1. The summed E-state index contributed by atoms with van der Waals surface area (Å²) in [5, 5.41) is 3.01. The van der Waals surface area contributed by atoms with Crippen LogP contribution in [0.3, 0.4) is 0 Å². The average Bonchev–Trinajstić information content (AvgIpc) is 3.05. The topological polar surface area (TPSA) is 55.1 Å². The van der Waals surface area contributed by atoms with Gasteiger partial charge in [-0.25, -0.2) is 4.98 Å². The Kier molecular flexibility index (Phi) is 3.45. The minimum absolute atomic E-state index is 0.154. The van der Waals surface area contributed by atoms with Crippen LogP contribution in [0.4, 0.5) is 5.69 Å². The van der Waals surface area contributed by atoms with Crippen LogP contribution in [-0.2, 0) is 4.79 Å². The number of anilines is 1. The molecule has 0 spiro atoms. The first-order chi connectivity index (χ1) is 10.8. The number of oxazole rings is 1. The molecule has 2 fully saturated rings. The molecule has 1 amide bonds. The summed E-state index contributed by atoms with van der Waals surface area (Å²) in [5.74, 6) is 2.53. The van der Waals surface area contributed by atoms with Gasteiger partial charge in [-0.05, 0) is 49.9 Å².